The van der Waals surface area contributed by atoms with Crippen molar-refractivity contribution in [1.29, 1.82) is 0 Å². The average molecular weight is 371 g/mol. The van der Waals surface area contributed by atoms with Crippen molar-refractivity contribution in [1.82, 2.24) is 0 Å². The largest absolute Gasteiger partial charge is 0.390 e. The smallest absolute Gasteiger partial charge is 0.106 e. The summed E-state index contributed by atoms with van der Waals surface area (Å²) in [5.74, 6) is 0.167. The second-order valence-electron chi connectivity index (χ2n) is 4.73. The second kappa shape index (κ2) is 7.80. The number of hydrogen-bond donors (Lipinski definition) is 3. The van der Waals surface area contributed by atoms with Crippen LogP contribution in [0.1, 0.15) is 17.2 Å². The lowest BCUT2D eigenvalue weighted by molar-refractivity contribution is 0.210. The van der Waals surface area contributed by atoms with Crippen LogP contribution in [0.5, 0.6) is 0 Å². The van der Waals surface area contributed by atoms with E-state index in [9.17, 15) is 10.2 Å². The van der Waals surface area contributed by atoms with Gasteiger partial charge in [0.15, 0.2) is 0 Å². The highest BCUT2D eigenvalue weighted by Crippen LogP contribution is 2.30. The fourth-order valence-corrected chi connectivity index (χ4v) is 2.51. The molecule has 2 unspecified atom stereocenters. The number of rotatable bonds is 6. The molecule has 0 aliphatic rings. The molecule has 3 N–H and O–H groups in total. The first-order valence-corrected chi connectivity index (χ1v) is 7.95. The Kier molecular flexibility index (Phi) is 6.06. The molecule has 2 aromatic carbocycles. The van der Waals surface area contributed by atoms with Crippen molar-refractivity contribution in [3.8, 4) is 0 Å². The minimum Gasteiger partial charge on any atom is -0.390 e. The molecular weight excluding hydrogens is 354 g/mol. The molecule has 0 aromatic heterocycles. The van der Waals surface area contributed by atoms with Crippen molar-refractivity contribution < 1.29 is 10.2 Å². The third-order valence-electron chi connectivity index (χ3n) is 3.13. The molecule has 3 nitrogen and oxygen atoms in total. The van der Waals surface area contributed by atoms with E-state index in [1.807, 2.05) is 48.5 Å². The number of benzene rings is 2. The van der Waals surface area contributed by atoms with Gasteiger partial charge in [-0.2, -0.15) is 0 Å². The third-order valence-corrected chi connectivity index (χ3v) is 3.98. The Labute approximate surface area is 137 Å². The van der Waals surface area contributed by atoms with E-state index < -0.39 is 12.2 Å². The number of aliphatic hydroxyl groups is 2. The van der Waals surface area contributed by atoms with Crippen LogP contribution >= 0.6 is 27.5 Å². The van der Waals surface area contributed by atoms with Crippen LogP contribution in [0.25, 0.3) is 0 Å². The third kappa shape index (κ3) is 4.45. The molecule has 0 amide bonds. The van der Waals surface area contributed by atoms with E-state index in [-0.39, 0.29) is 5.88 Å². The Bertz CT molecular complexity index is 580. The maximum Gasteiger partial charge on any atom is 0.106 e. The fourth-order valence-electron chi connectivity index (χ4n) is 2.02. The molecule has 0 saturated carbocycles. The lowest BCUT2D eigenvalue weighted by Gasteiger charge is -2.19. The maximum absolute atomic E-state index is 10.6. The van der Waals surface area contributed by atoms with Crippen LogP contribution in [0.15, 0.2) is 53.0 Å². The molecule has 0 bridgehead atoms. The number of halogens is 2. The van der Waals surface area contributed by atoms with Crippen molar-refractivity contribution in [2.75, 3.05) is 17.7 Å². The van der Waals surface area contributed by atoms with E-state index in [1.165, 1.54) is 0 Å². The summed E-state index contributed by atoms with van der Waals surface area (Å²) in [6, 6.07) is 15.1. The first-order valence-electron chi connectivity index (χ1n) is 6.62. The first kappa shape index (κ1) is 16.3. The summed E-state index contributed by atoms with van der Waals surface area (Å²) in [7, 11) is 0. The van der Waals surface area contributed by atoms with Crippen molar-refractivity contribution in [3.63, 3.8) is 0 Å². The summed E-state index contributed by atoms with van der Waals surface area (Å²) < 4.78 is 0.885. The van der Waals surface area contributed by atoms with Gasteiger partial charge in [0.25, 0.3) is 0 Å². The predicted octanol–water partition coefficient (Wildman–Crippen LogP) is 3.54. The van der Waals surface area contributed by atoms with E-state index in [0.29, 0.717) is 6.54 Å². The highest BCUT2D eigenvalue weighted by molar-refractivity contribution is 9.10. The van der Waals surface area contributed by atoms with Gasteiger partial charge in [-0.25, -0.2) is 0 Å². The van der Waals surface area contributed by atoms with Crippen LogP contribution in [0.4, 0.5) is 5.69 Å². The van der Waals surface area contributed by atoms with Gasteiger partial charge in [0.2, 0.25) is 0 Å². The van der Waals surface area contributed by atoms with Crippen molar-refractivity contribution in [3.05, 3.63) is 64.1 Å². The zero-order chi connectivity index (χ0) is 15.2. The van der Waals surface area contributed by atoms with Gasteiger partial charge < -0.3 is 15.5 Å². The number of aliphatic hydroxyl groups excluding tert-OH is 2. The zero-order valence-corrected chi connectivity index (χ0v) is 13.7. The zero-order valence-electron chi connectivity index (χ0n) is 11.3. The molecular formula is C16H17BrClNO2. The topological polar surface area (TPSA) is 52.5 Å². The molecule has 112 valence electrons. The average Bonchev–Trinajstić information content (AvgIpc) is 2.53. The summed E-state index contributed by atoms with van der Waals surface area (Å²) in [6.07, 6.45) is -1.36. The highest BCUT2D eigenvalue weighted by Gasteiger charge is 2.15. The van der Waals surface area contributed by atoms with Crippen molar-refractivity contribution in [2.24, 2.45) is 0 Å². The Morgan fingerprint density at radius 3 is 2.48 bits per heavy atom. The van der Waals surface area contributed by atoms with Gasteiger partial charge in [0, 0.05) is 22.3 Å². The summed E-state index contributed by atoms with van der Waals surface area (Å²) in [4.78, 5) is 0. The van der Waals surface area contributed by atoms with Gasteiger partial charge in [-0.1, -0.05) is 46.3 Å². The van der Waals surface area contributed by atoms with Crippen molar-refractivity contribution >= 4 is 33.2 Å². The predicted molar refractivity (Wildman–Crippen MR) is 89.9 cm³/mol. The first-order chi connectivity index (χ1) is 10.1. The van der Waals surface area contributed by atoms with E-state index in [0.717, 1.165) is 21.3 Å². The minimum atomic E-state index is -0.737. The molecule has 5 heteroatoms. The standard InChI is InChI=1S/C16H17BrClNO2/c17-12-6-7-15(19-10-13(20)9-18)14(8-12)16(21)11-4-2-1-3-5-11/h1-8,13,16,19-21H,9-10H2. The molecule has 2 atom stereocenters. The number of anilines is 1. The summed E-state index contributed by atoms with van der Waals surface area (Å²) in [5.41, 5.74) is 2.34. The highest BCUT2D eigenvalue weighted by atomic mass is 79.9. The Morgan fingerprint density at radius 2 is 1.81 bits per heavy atom. The van der Waals surface area contributed by atoms with Crippen LogP contribution in [-0.4, -0.2) is 28.7 Å². The van der Waals surface area contributed by atoms with Gasteiger partial charge in [0.05, 0.1) is 12.0 Å². The molecule has 0 fully saturated rings. The van der Waals surface area contributed by atoms with Crippen molar-refractivity contribution in [2.45, 2.75) is 12.2 Å². The van der Waals surface area contributed by atoms with Gasteiger partial charge in [-0.05, 0) is 23.8 Å². The van der Waals surface area contributed by atoms with Crippen LogP contribution in [0.3, 0.4) is 0 Å². The molecule has 2 rings (SSSR count). The van der Waals surface area contributed by atoms with Gasteiger partial charge in [0.1, 0.15) is 6.10 Å². The Balaban J connectivity index is 2.26. The van der Waals surface area contributed by atoms with Gasteiger partial charge in [-0.15, -0.1) is 11.6 Å². The Morgan fingerprint density at radius 1 is 1.10 bits per heavy atom. The Hall–Kier alpha value is -1.07. The molecule has 0 spiro atoms. The van der Waals surface area contributed by atoms with Gasteiger partial charge in [-0.3, -0.25) is 0 Å². The van der Waals surface area contributed by atoms with Crippen LogP contribution in [0.2, 0.25) is 0 Å². The quantitative estimate of drug-likeness (QED) is 0.682. The molecule has 2 aromatic rings. The van der Waals surface area contributed by atoms with Crippen LogP contribution < -0.4 is 5.32 Å². The van der Waals surface area contributed by atoms with E-state index in [2.05, 4.69) is 21.2 Å². The number of alkyl halides is 1. The van der Waals surface area contributed by atoms with Crippen LogP contribution in [0, 0.1) is 0 Å². The molecule has 0 saturated heterocycles. The normalized spacial score (nSPS) is 13.7. The molecule has 0 aliphatic carbocycles. The minimum absolute atomic E-state index is 0.167. The second-order valence-corrected chi connectivity index (χ2v) is 5.96. The monoisotopic (exact) mass is 369 g/mol. The van der Waals surface area contributed by atoms with E-state index in [4.69, 9.17) is 11.6 Å². The number of nitrogens with one attached hydrogen (secondary N) is 1. The SMILES string of the molecule is OC(CCl)CNc1ccc(Br)cc1C(O)c1ccccc1. The maximum atomic E-state index is 10.6. The number of hydrogen-bond acceptors (Lipinski definition) is 3. The summed E-state index contributed by atoms with van der Waals surface area (Å²) in [5, 5.41) is 23.3. The molecule has 0 aliphatic heterocycles. The summed E-state index contributed by atoms with van der Waals surface area (Å²) >= 11 is 9.02. The molecule has 0 heterocycles. The molecule has 0 radical (unpaired) electrons. The van der Waals surface area contributed by atoms with Crippen LogP contribution in [-0.2, 0) is 0 Å². The van der Waals surface area contributed by atoms with Gasteiger partial charge >= 0.3 is 0 Å². The molecule has 21 heavy (non-hydrogen) atoms. The lowest BCUT2D eigenvalue weighted by Crippen LogP contribution is -2.21. The lowest BCUT2D eigenvalue weighted by atomic mass is 10.00. The fraction of sp³-hybridized carbons (Fsp3) is 0.250. The van der Waals surface area contributed by atoms with E-state index in [1.54, 1.807) is 0 Å². The van der Waals surface area contributed by atoms with E-state index >= 15 is 0 Å². The summed E-state index contributed by atoms with van der Waals surface area (Å²) in [6.45, 7) is 0.333.